The largest absolute Gasteiger partial charge is 0.325 e. The van der Waals surface area contributed by atoms with Gasteiger partial charge in [0.05, 0.1) is 10.8 Å². The molecule has 1 heterocycles. The highest BCUT2D eigenvalue weighted by Gasteiger charge is 2.23. The normalized spacial score (nSPS) is 14.1. The third-order valence-electron chi connectivity index (χ3n) is 5.03. The van der Waals surface area contributed by atoms with Gasteiger partial charge in [0.2, 0.25) is 5.91 Å². The Labute approximate surface area is 165 Å². The number of carbonyl (C=O) groups excluding carboxylic acids is 1. The van der Waals surface area contributed by atoms with Crippen molar-refractivity contribution in [2.75, 3.05) is 5.32 Å². The van der Waals surface area contributed by atoms with Crippen LogP contribution in [0, 0.1) is 25.2 Å². The first-order chi connectivity index (χ1) is 13.0. The quantitative estimate of drug-likeness (QED) is 0.746. The first-order valence-corrected chi connectivity index (χ1v) is 10.4. The number of benzene rings is 1. The van der Waals surface area contributed by atoms with Gasteiger partial charge in [-0.25, -0.2) is 4.98 Å². The predicted molar refractivity (Wildman–Crippen MR) is 110 cm³/mol. The molecule has 5 heteroatoms. The summed E-state index contributed by atoms with van der Waals surface area (Å²) in [5.41, 5.74) is 5.84. The number of pyridine rings is 1. The zero-order valence-corrected chi connectivity index (χ0v) is 16.9. The molecular formula is C22H25N3OS. The van der Waals surface area contributed by atoms with Crippen LogP contribution in [0.25, 0.3) is 0 Å². The van der Waals surface area contributed by atoms with Crippen LogP contribution in [0.2, 0.25) is 0 Å². The van der Waals surface area contributed by atoms with Crippen LogP contribution < -0.4 is 5.32 Å². The number of aromatic nitrogens is 1. The van der Waals surface area contributed by atoms with Crippen molar-refractivity contribution in [2.24, 2.45) is 0 Å². The lowest BCUT2D eigenvalue weighted by Crippen LogP contribution is -2.25. The van der Waals surface area contributed by atoms with Crippen molar-refractivity contribution in [3.63, 3.8) is 0 Å². The summed E-state index contributed by atoms with van der Waals surface area (Å²) < 4.78 is 0. The van der Waals surface area contributed by atoms with Gasteiger partial charge in [-0.2, -0.15) is 5.26 Å². The Morgan fingerprint density at radius 1 is 1.30 bits per heavy atom. The van der Waals surface area contributed by atoms with E-state index >= 15 is 0 Å². The van der Waals surface area contributed by atoms with E-state index in [4.69, 9.17) is 4.98 Å². The maximum absolute atomic E-state index is 12.9. The maximum Gasteiger partial charge on any atom is 0.237 e. The molecule has 1 amide bonds. The molecule has 3 rings (SSSR count). The summed E-state index contributed by atoms with van der Waals surface area (Å²) in [6, 6.07) is 10.2. The van der Waals surface area contributed by atoms with Crippen LogP contribution in [0.1, 0.15) is 54.1 Å². The van der Waals surface area contributed by atoms with E-state index in [2.05, 4.69) is 11.4 Å². The molecule has 140 valence electrons. The fraction of sp³-hybridized carbons (Fsp3) is 0.409. The van der Waals surface area contributed by atoms with Gasteiger partial charge in [0.1, 0.15) is 11.1 Å². The summed E-state index contributed by atoms with van der Waals surface area (Å²) >= 11 is 1.41. The maximum atomic E-state index is 12.9. The topological polar surface area (TPSA) is 65.8 Å². The third kappa shape index (κ3) is 4.33. The molecule has 0 saturated carbocycles. The Hall–Kier alpha value is -2.32. The summed E-state index contributed by atoms with van der Waals surface area (Å²) in [5.74, 6) is -0.0386. The van der Waals surface area contributed by atoms with Gasteiger partial charge in [0, 0.05) is 11.4 Å². The van der Waals surface area contributed by atoms with Crippen molar-refractivity contribution in [2.45, 2.75) is 63.2 Å². The minimum atomic E-state index is -0.287. The lowest BCUT2D eigenvalue weighted by atomic mass is 9.95. The number of fused-ring (bicyclic) bond motifs is 1. The van der Waals surface area contributed by atoms with Crippen molar-refractivity contribution in [1.82, 2.24) is 4.98 Å². The summed E-state index contributed by atoms with van der Waals surface area (Å²) in [6.07, 6.45) is 4.92. The number of anilines is 1. The molecule has 27 heavy (non-hydrogen) atoms. The number of hydrogen-bond donors (Lipinski definition) is 1. The second kappa shape index (κ2) is 8.58. The van der Waals surface area contributed by atoms with E-state index in [0.29, 0.717) is 17.0 Å². The summed E-state index contributed by atoms with van der Waals surface area (Å²) in [7, 11) is 0. The highest BCUT2D eigenvalue weighted by molar-refractivity contribution is 8.00. The Morgan fingerprint density at radius 2 is 2.00 bits per heavy atom. The average molecular weight is 380 g/mol. The molecule has 1 unspecified atom stereocenters. The van der Waals surface area contributed by atoms with Gasteiger partial charge in [-0.3, -0.25) is 4.79 Å². The molecule has 1 aliphatic rings. The Morgan fingerprint density at radius 3 is 2.67 bits per heavy atom. The Kier molecular flexibility index (Phi) is 6.18. The van der Waals surface area contributed by atoms with Crippen LogP contribution in [0.5, 0.6) is 0 Å². The van der Waals surface area contributed by atoms with E-state index in [1.807, 2.05) is 45.0 Å². The smallest absolute Gasteiger partial charge is 0.237 e. The molecule has 1 aromatic carbocycles. The Bertz CT molecular complexity index is 881. The molecule has 2 aromatic rings. The average Bonchev–Trinajstić information content (AvgIpc) is 2.68. The molecule has 1 N–H and O–H groups in total. The molecule has 1 aliphatic carbocycles. The van der Waals surface area contributed by atoms with Gasteiger partial charge >= 0.3 is 0 Å². The van der Waals surface area contributed by atoms with Crippen LogP contribution in [0.15, 0.2) is 29.3 Å². The predicted octanol–water partition coefficient (Wildman–Crippen LogP) is 4.96. The number of para-hydroxylation sites is 1. The molecule has 1 aromatic heterocycles. The van der Waals surface area contributed by atoms with E-state index < -0.39 is 0 Å². The standard InChI is InChI=1S/C22H25N3OS/c1-4-19(21(26)25-20-14(2)8-7-9-15(20)3)27-22-17(13-23)12-16-10-5-6-11-18(16)24-22/h7-9,12,19H,4-6,10-11H2,1-3H3,(H,25,26). The summed E-state index contributed by atoms with van der Waals surface area (Å²) in [4.78, 5) is 17.7. The van der Waals surface area contributed by atoms with E-state index in [1.165, 1.54) is 17.3 Å². The number of hydrogen-bond acceptors (Lipinski definition) is 4. The van der Waals surface area contributed by atoms with Gasteiger partial charge in [0.25, 0.3) is 0 Å². The van der Waals surface area contributed by atoms with Gasteiger partial charge in [-0.1, -0.05) is 36.9 Å². The molecule has 0 bridgehead atoms. The minimum Gasteiger partial charge on any atom is -0.325 e. The van der Waals surface area contributed by atoms with Crippen LogP contribution >= 0.6 is 11.8 Å². The number of thioether (sulfide) groups is 1. The van der Waals surface area contributed by atoms with E-state index in [-0.39, 0.29) is 11.2 Å². The molecular weight excluding hydrogens is 354 g/mol. The first kappa shape index (κ1) is 19.4. The zero-order valence-electron chi connectivity index (χ0n) is 16.1. The van der Waals surface area contributed by atoms with Crippen LogP contribution in [0.3, 0.4) is 0 Å². The minimum absolute atomic E-state index is 0.0386. The number of aryl methyl sites for hydroxylation is 4. The lowest BCUT2D eigenvalue weighted by molar-refractivity contribution is -0.115. The van der Waals surface area contributed by atoms with E-state index in [9.17, 15) is 10.1 Å². The SMILES string of the molecule is CCC(Sc1nc2c(cc1C#N)CCCC2)C(=O)Nc1c(C)cccc1C. The van der Waals surface area contributed by atoms with Gasteiger partial charge in [-0.15, -0.1) is 0 Å². The fourth-order valence-corrected chi connectivity index (χ4v) is 4.45. The van der Waals surface area contributed by atoms with Crippen LogP contribution in [-0.2, 0) is 17.6 Å². The molecule has 0 aliphatic heterocycles. The van der Waals surface area contributed by atoms with Crippen LogP contribution in [0.4, 0.5) is 5.69 Å². The first-order valence-electron chi connectivity index (χ1n) is 9.50. The molecule has 0 radical (unpaired) electrons. The zero-order chi connectivity index (χ0) is 19.4. The molecule has 1 atom stereocenters. The van der Waals surface area contributed by atoms with Crippen molar-refractivity contribution < 1.29 is 4.79 Å². The number of nitrogens with zero attached hydrogens (tertiary/aromatic N) is 2. The van der Waals surface area contributed by atoms with Gasteiger partial charge in [-0.05, 0) is 68.7 Å². The number of nitriles is 1. The summed E-state index contributed by atoms with van der Waals surface area (Å²) in [5, 5.41) is 13.0. The second-order valence-corrected chi connectivity index (χ2v) is 8.23. The number of carbonyl (C=O) groups is 1. The van der Waals surface area contributed by atoms with Crippen molar-refractivity contribution in [3.8, 4) is 6.07 Å². The second-order valence-electron chi connectivity index (χ2n) is 7.04. The molecule has 0 spiro atoms. The molecule has 0 fully saturated rings. The van der Waals surface area contributed by atoms with Crippen molar-refractivity contribution >= 4 is 23.4 Å². The van der Waals surface area contributed by atoms with E-state index in [0.717, 1.165) is 48.2 Å². The highest BCUT2D eigenvalue weighted by Crippen LogP contribution is 2.32. The molecule has 4 nitrogen and oxygen atoms in total. The third-order valence-corrected chi connectivity index (χ3v) is 6.40. The van der Waals surface area contributed by atoms with Crippen molar-refractivity contribution in [1.29, 1.82) is 5.26 Å². The van der Waals surface area contributed by atoms with Crippen molar-refractivity contribution in [3.05, 3.63) is 52.2 Å². The van der Waals surface area contributed by atoms with Gasteiger partial charge in [0.15, 0.2) is 0 Å². The number of nitrogens with one attached hydrogen (secondary N) is 1. The number of amides is 1. The Balaban J connectivity index is 1.82. The van der Waals surface area contributed by atoms with Gasteiger partial charge < -0.3 is 5.32 Å². The monoisotopic (exact) mass is 379 g/mol. The lowest BCUT2D eigenvalue weighted by Gasteiger charge is -2.20. The number of rotatable bonds is 5. The van der Waals surface area contributed by atoms with E-state index in [1.54, 1.807) is 0 Å². The molecule has 0 saturated heterocycles. The highest BCUT2D eigenvalue weighted by atomic mass is 32.2. The summed E-state index contributed by atoms with van der Waals surface area (Å²) in [6.45, 7) is 5.98. The van der Waals surface area contributed by atoms with Crippen LogP contribution in [-0.4, -0.2) is 16.1 Å². The fourth-order valence-electron chi connectivity index (χ4n) is 3.46.